The fourth-order valence-corrected chi connectivity index (χ4v) is 4.03. The highest BCUT2D eigenvalue weighted by Gasteiger charge is 2.29. The summed E-state index contributed by atoms with van der Waals surface area (Å²) >= 11 is 1.58. The van der Waals surface area contributed by atoms with Gasteiger partial charge < -0.3 is 19.3 Å². The van der Waals surface area contributed by atoms with Gasteiger partial charge in [-0.25, -0.2) is 4.98 Å². The molecule has 2 rings (SSSR count). The zero-order valence-corrected chi connectivity index (χ0v) is 17.6. The topological polar surface area (TPSA) is 72.0 Å². The van der Waals surface area contributed by atoms with E-state index < -0.39 is 0 Å². The van der Waals surface area contributed by atoms with Crippen LogP contribution in [-0.2, 0) is 25.6 Å². The maximum Gasteiger partial charge on any atom is 0.248 e. The van der Waals surface area contributed by atoms with E-state index in [1.165, 1.54) is 7.11 Å². The van der Waals surface area contributed by atoms with Crippen LogP contribution < -0.4 is 0 Å². The van der Waals surface area contributed by atoms with E-state index in [0.717, 1.165) is 23.5 Å². The molecular weight excluding hydrogens is 366 g/mol. The number of thiazole rings is 1. The summed E-state index contributed by atoms with van der Waals surface area (Å²) in [6, 6.07) is 0. The molecule has 1 saturated heterocycles. The van der Waals surface area contributed by atoms with Gasteiger partial charge in [-0.05, 0) is 32.6 Å². The van der Waals surface area contributed by atoms with Gasteiger partial charge >= 0.3 is 0 Å². The van der Waals surface area contributed by atoms with Crippen molar-refractivity contribution in [3.63, 3.8) is 0 Å². The van der Waals surface area contributed by atoms with Crippen LogP contribution in [0.2, 0.25) is 0 Å². The molecule has 2 amide bonds. The molecule has 0 saturated carbocycles. The Morgan fingerprint density at radius 1 is 1.44 bits per heavy atom. The van der Waals surface area contributed by atoms with Crippen LogP contribution in [0.4, 0.5) is 0 Å². The number of carbonyl (C=O) groups is 2. The number of methoxy groups -OCH3 is 2. The number of nitrogens with zero attached hydrogens (tertiary/aromatic N) is 3. The summed E-state index contributed by atoms with van der Waals surface area (Å²) in [5.74, 6) is 0.446. The van der Waals surface area contributed by atoms with E-state index in [1.54, 1.807) is 18.4 Å². The van der Waals surface area contributed by atoms with E-state index in [0.29, 0.717) is 38.4 Å². The normalized spacial score (nSPS) is 17.9. The predicted molar refractivity (Wildman–Crippen MR) is 105 cm³/mol. The van der Waals surface area contributed by atoms with E-state index >= 15 is 0 Å². The van der Waals surface area contributed by atoms with E-state index in [2.05, 4.69) is 4.98 Å². The molecule has 2 unspecified atom stereocenters. The quantitative estimate of drug-likeness (QED) is 0.605. The van der Waals surface area contributed by atoms with Gasteiger partial charge in [0.1, 0.15) is 6.61 Å². The summed E-state index contributed by atoms with van der Waals surface area (Å²) in [5.41, 5.74) is 2.80. The summed E-state index contributed by atoms with van der Waals surface area (Å²) in [7, 11) is 3.20. The summed E-state index contributed by atoms with van der Waals surface area (Å²) in [6.45, 7) is 6.72. The molecule has 1 aliphatic rings. The van der Waals surface area contributed by atoms with Crippen molar-refractivity contribution in [2.24, 2.45) is 5.92 Å². The molecule has 0 radical (unpaired) electrons. The molecule has 1 aromatic rings. The first-order chi connectivity index (χ1) is 12.9. The molecule has 0 aromatic carbocycles. The standard InChI is InChI=1S/C19H31N3O4S/c1-14(26-4)5-6-18(23)22(11-17-15(2)20-13-27-17)10-16-7-8-21(9-16)19(24)12-25-3/h13-14,16H,5-12H2,1-4H3. The van der Waals surface area contributed by atoms with Crippen LogP contribution in [0.1, 0.15) is 36.8 Å². The number of aromatic nitrogens is 1. The molecule has 1 aliphatic heterocycles. The lowest BCUT2D eigenvalue weighted by Gasteiger charge is -2.26. The first kappa shape index (κ1) is 21.8. The van der Waals surface area contributed by atoms with E-state index in [4.69, 9.17) is 9.47 Å². The number of likely N-dealkylation sites (tertiary alicyclic amines) is 1. The highest BCUT2D eigenvalue weighted by atomic mass is 32.1. The highest BCUT2D eigenvalue weighted by molar-refractivity contribution is 7.09. The third-order valence-corrected chi connectivity index (χ3v) is 6.00. The lowest BCUT2D eigenvalue weighted by molar-refractivity contribution is -0.134. The molecule has 8 heteroatoms. The molecular formula is C19H31N3O4S. The van der Waals surface area contributed by atoms with Crippen LogP contribution in [0.3, 0.4) is 0 Å². The van der Waals surface area contributed by atoms with Gasteiger partial charge in [-0.15, -0.1) is 11.3 Å². The summed E-state index contributed by atoms with van der Waals surface area (Å²) in [4.78, 5) is 34.1. The van der Waals surface area contributed by atoms with Crippen molar-refractivity contribution in [2.45, 2.75) is 45.8 Å². The highest BCUT2D eigenvalue weighted by Crippen LogP contribution is 2.22. The van der Waals surface area contributed by atoms with Gasteiger partial charge in [0.15, 0.2) is 0 Å². The van der Waals surface area contributed by atoms with Gasteiger partial charge in [-0.3, -0.25) is 9.59 Å². The minimum Gasteiger partial charge on any atom is -0.382 e. The van der Waals surface area contributed by atoms with Crippen molar-refractivity contribution in [3.8, 4) is 0 Å². The maximum atomic E-state index is 12.9. The molecule has 2 atom stereocenters. The van der Waals surface area contributed by atoms with Gasteiger partial charge in [0.05, 0.1) is 23.9 Å². The van der Waals surface area contributed by atoms with Crippen LogP contribution >= 0.6 is 11.3 Å². The zero-order chi connectivity index (χ0) is 19.8. The van der Waals surface area contributed by atoms with Crippen molar-refractivity contribution in [1.82, 2.24) is 14.8 Å². The molecule has 1 fully saturated rings. The largest absolute Gasteiger partial charge is 0.382 e. The smallest absolute Gasteiger partial charge is 0.248 e. The lowest BCUT2D eigenvalue weighted by Crippen LogP contribution is -2.37. The van der Waals surface area contributed by atoms with Crippen molar-refractivity contribution in [1.29, 1.82) is 0 Å². The summed E-state index contributed by atoms with van der Waals surface area (Å²) in [6.07, 6.45) is 2.15. The number of amides is 2. The minimum atomic E-state index is 0.0186. The number of carbonyl (C=O) groups excluding carboxylic acids is 2. The molecule has 1 aromatic heterocycles. The Kier molecular flexibility index (Phi) is 8.66. The molecule has 0 bridgehead atoms. The Balaban J connectivity index is 1.98. The monoisotopic (exact) mass is 397 g/mol. The van der Waals surface area contributed by atoms with Gasteiger partial charge in [-0.2, -0.15) is 0 Å². The second-order valence-electron chi connectivity index (χ2n) is 7.15. The molecule has 2 heterocycles. The average Bonchev–Trinajstić information content (AvgIpc) is 3.28. The Morgan fingerprint density at radius 2 is 2.22 bits per heavy atom. The number of hydrogen-bond donors (Lipinski definition) is 0. The van der Waals surface area contributed by atoms with Crippen LogP contribution in [0, 0.1) is 12.8 Å². The Hall–Kier alpha value is -1.51. The summed E-state index contributed by atoms with van der Waals surface area (Å²) < 4.78 is 10.2. The fourth-order valence-electron chi connectivity index (χ4n) is 3.24. The predicted octanol–water partition coefficient (Wildman–Crippen LogP) is 2.09. The average molecular weight is 398 g/mol. The Morgan fingerprint density at radius 3 is 2.85 bits per heavy atom. The second-order valence-corrected chi connectivity index (χ2v) is 8.09. The molecule has 0 aliphatic carbocycles. The van der Waals surface area contributed by atoms with Crippen LogP contribution in [0.5, 0.6) is 0 Å². The molecule has 0 spiro atoms. The molecule has 152 valence electrons. The summed E-state index contributed by atoms with van der Waals surface area (Å²) in [5, 5.41) is 0. The van der Waals surface area contributed by atoms with Crippen LogP contribution in [0.25, 0.3) is 0 Å². The SMILES string of the molecule is COCC(=O)N1CCC(CN(Cc2scnc2C)C(=O)CCC(C)OC)C1. The number of rotatable bonds is 10. The molecule has 0 N–H and O–H groups in total. The van der Waals surface area contributed by atoms with Gasteiger partial charge in [0, 0.05) is 45.2 Å². The third-order valence-electron chi connectivity index (χ3n) is 5.08. The van der Waals surface area contributed by atoms with Crippen molar-refractivity contribution >= 4 is 23.2 Å². The number of hydrogen-bond acceptors (Lipinski definition) is 6. The molecule has 7 nitrogen and oxygen atoms in total. The lowest BCUT2D eigenvalue weighted by atomic mass is 10.1. The zero-order valence-electron chi connectivity index (χ0n) is 16.8. The van der Waals surface area contributed by atoms with E-state index in [-0.39, 0.29) is 24.5 Å². The first-order valence-corrected chi connectivity index (χ1v) is 10.3. The van der Waals surface area contributed by atoms with Crippen molar-refractivity contribution < 1.29 is 19.1 Å². The minimum absolute atomic E-state index is 0.0186. The first-order valence-electron chi connectivity index (χ1n) is 9.40. The Bertz CT molecular complexity index is 622. The van der Waals surface area contributed by atoms with Crippen LogP contribution in [-0.4, -0.2) is 73.2 Å². The third kappa shape index (κ3) is 6.55. The second kappa shape index (κ2) is 10.7. The van der Waals surface area contributed by atoms with Gasteiger partial charge in [0.25, 0.3) is 0 Å². The number of ether oxygens (including phenoxy) is 2. The van der Waals surface area contributed by atoms with Crippen molar-refractivity contribution in [3.05, 3.63) is 16.1 Å². The van der Waals surface area contributed by atoms with E-state index in [1.807, 2.05) is 29.2 Å². The maximum absolute atomic E-state index is 12.9. The van der Waals surface area contributed by atoms with Gasteiger partial charge in [-0.1, -0.05) is 0 Å². The fraction of sp³-hybridized carbons (Fsp3) is 0.737. The number of aryl methyl sites for hydroxylation is 1. The van der Waals surface area contributed by atoms with Crippen LogP contribution in [0.15, 0.2) is 5.51 Å². The van der Waals surface area contributed by atoms with E-state index in [9.17, 15) is 9.59 Å². The van der Waals surface area contributed by atoms with Crippen molar-refractivity contribution in [2.75, 3.05) is 40.5 Å². The molecule has 27 heavy (non-hydrogen) atoms. The Labute approximate surface area is 165 Å². The van der Waals surface area contributed by atoms with Gasteiger partial charge in [0.2, 0.25) is 11.8 Å².